The number of rotatable bonds is 3. The highest BCUT2D eigenvalue weighted by Gasteiger charge is 2.13. The summed E-state index contributed by atoms with van der Waals surface area (Å²) in [6.07, 6.45) is 3.04. The SMILES string of the molecule is COc1ccc(Cn2[c]nc3c(N)nc4ccsc4c32)cc1. The van der Waals surface area contributed by atoms with Crippen molar-refractivity contribution in [1.29, 1.82) is 0 Å². The molecular weight excluding hydrogens is 296 g/mol. The first-order valence-corrected chi connectivity index (χ1v) is 7.68. The summed E-state index contributed by atoms with van der Waals surface area (Å²) in [7, 11) is 1.66. The van der Waals surface area contributed by atoms with Gasteiger partial charge in [-0.15, -0.1) is 11.3 Å². The number of nitrogens with two attached hydrogens (primary N) is 1. The van der Waals surface area contributed by atoms with E-state index in [2.05, 4.69) is 16.3 Å². The fourth-order valence-electron chi connectivity index (χ4n) is 2.53. The number of ether oxygens (including phenoxy) is 1. The van der Waals surface area contributed by atoms with Crippen molar-refractivity contribution in [2.24, 2.45) is 0 Å². The van der Waals surface area contributed by atoms with Gasteiger partial charge in [-0.25, -0.2) is 9.97 Å². The molecule has 22 heavy (non-hydrogen) atoms. The van der Waals surface area contributed by atoms with Crippen LogP contribution in [0.15, 0.2) is 35.7 Å². The van der Waals surface area contributed by atoms with Gasteiger partial charge in [0, 0.05) is 6.54 Å². The van der Waals surface area contributed by atoms with Crippen molar-refractivity contribution < 1.29 is 4.74 Å². The second-order valence-electron chi connectivity index (χ2n) is 4.98. The molecular formula is C16H13N4OS. The quantitative estimate of drug-likeness (QED) is 0.631. The molecule has 0 unspecified atom stereocenters. The number of pyridine rings is 1. The number of thiophene rings is 1. The largest absolute Gasteiger partial charge is 0.497 e. The van der Waals surface area contributed by atoms with Gasteiger partial charge in [0.1, 0.15) is 11.3 Å². The minimum absolute atomic E-state index is 0.450. The van der Waals surface area contributed by atoms with Crippen LogP contribution in [0.1, 0.15) is 5.56 Å². The zero-order valence-electron chi connectivity index (χ0n) is 11.9. The molecule has 0 bridgehead atoms. The molecule has 0 saturated carbocycles. The molecule has 6 heteroatoms. The molecule has 0 spiro atoms. The van der Waals surface area contributed by atoms with E-state index in [1.165, 1.54) is 0 Å². The van der Waals surface area contributed by atoms with Gasteiger partial charge in [0.15, 0.2) is 12.1 Å². The Morgan fingerprint density at radius 1 is 1.27 bits per heavy atom. The highest BCUT2D eigenvalue weighted by atomic mass is 32.1. The fraction of sp³-hybridized carbons (Fsp3) is 0.125. The van der Waals surface area contributed by atoms with Gasteiger partial charge in [0.2, 0.25) is 0 Å². The van der Waals surface area contributed by atoms with Crippen molar-refractivity contribution >= 4 is 38.4 Å². The zero-order chi connectivity index (χ0) is 15.1. The number of methoxy groups -OCH3 is 1. The first-order chi connectivity index (χ1) is 10.8. The Morgan fingerprint density at radius 3 is 2.86 bits per heavy atom. The third-order valence-corrected chi connectivity index (χ3v) is 4.53. The Morgan fingerprint density at radius 2 is 2.09 bits per heavy atom. The monoisotopic (exact) mass is 309 g/mol. The molecule has 0 aliphatic heterocycles. The van der Waals surface area contributed by atoms with Crippen molar-refractivity contribution in [2.75, 3.05) is 12.8 Å². The first kappa shape index (κ1) is 13.1. The van der Waals surface area contributed by atoms with Crippen molar-refractivity contribution in [1.82, 2.24) is 14.5 Å². The van der Waals surface area contributed by atoms with E-state index in [1.807, 2.05) is 40.3 Å². The van der Waals surface area contributed by atoms with E-state index in [1.54, 1.807) is 18.4 Å². The maximum atomic E-state index is 6.01. The number of imidazole rings is 1. The number of aromatic nitrogens is 3. The molecule has 0 amide bonds. The normalized spacial score (nSPS) is 11.3. The van der Waals surface area contributed by atoms with E-state index in [4.69, 9.17) is 10.5 Å². The molecule has 0 fully saturated rings. The Kier molecular flexibility index (Phi) is 2.97. The van der Waals surface area contributed by atoms with Crippen molar-refractivity contribution in [3.63, 3.8) is 0 Å². The van der Waals surface area contributed by atoms with Crippen LogP contribution in [0.2, 0.25) is 0 Å². The summed E-state index contributed by atoms with van der Waals surface area (Å²) in [4.78, 5) is 8.69. The van der Waals surface area contributed by atoms with Crippen molar-refractivity contribution in [3.05, 3.63) is 47.6 Å². The van der Waals surface area contributed by atoms with Crippen LogP contribution in [0.25, 0.3) is 21.3 Å². The Bertz CT molecular complexity index is 956. The molecule has 4 aromatic rings. The van der Waals surface area contributed by atoms with E-state index in [9.17, 15) is 0 Å². The molecule has 0 aliphatic carbocycles. The van der Waals surface area contributed by atoms with Crippen LogP contribution in [0, 0.1) is 6.33 Å². The van der Waals surface area contributed by atoms with Crippen LogP contribution >= 0.6 is 11.3 Å². The van der Waals surface area contributed by atoms with E-state index >= 15 is 0 Å². The Hall–Kier alpha value is -2.60. The average Bonchev–Trinajstić information content (AvgIpc) is 3.15. The molecule has 4 rings (SSSR count). The van der Waals surface area contributed by atoms with E-state index in [0.717, 1.165) is 27.0 Å². The van der Waals surface area contributed by atoms with Gasteiger partial charge < -0.3 is 15.0 Å². The fourth-order valence-corrected chi connectivity index (χ4v) is 3.41. The van der Waals surface area contributed by atoms with Crippen molar-refractivity contribution in [3.8, 4) is 5.75 Å². The molecule has 2 N–H and O–H groups in total. The van der Waals surface area contributed by atoms with Crippen LogP contribution in [0.5, 0.6) is 5.75 Å². The molecule has 109 valence electrons. The van der Waals surface area contributed by atoms with Gasteiger partial charge in [0.25, 0.3) is 0 Å². The predicted molar refractivity (Wildman–Crippen MR) is 88.3 cm³/mol. The number of hydrogen-bond acceptors (Lipinski definition) is 5. The summed E-state index contributed by atoms with van der Waals surface area (Å²) in [6.45, 7) is 0.678. The lowest BCUT2D eigenvalue weighted by Gasteiger charge is -2.06. The third kappa shape index (κ3) is 2.00. The number of fused-ring (bicyclic) bond motifs is 3. The lowest BCUT2D eigenvalue weighted by molar-refractivity contribution is 0.414. The van der Waals surface area contributed by atoms with Gasteiger partial charge in [-0.2, -0.15) is 0 Å². The van der Waals surface area contributed by atoms with Crippen LogP contribution in [0.3, 0.4) is 0 Å². The maximum Gasteiger partial charge on any atom is 0.178 e. The maximum absolute atomic E-state index is 6.01. The van der Waals surface area contributed by atoms with Crippen LogP contribution in [-0.4, -0.2) is 21.6 Å². The summed E-state index contributed by atoms with van der Waals surface area (Å²) in [5.74, 6) is 1.29. The van der Waals surface area contributed by atoms with Crippen LogP contribution < -0.4 is 10.5 Å². The Balaban J connectivity index is 1.84. The van der Waals surface area contributed by atoms with Crippen LogP contribution in [-0.2, 0) is 6.54 Å². The van der Waals surface area contributed by atoms with Crippen LogP contribution in [0.4, 0.5) is 5.82 Å². The molecule has 3 aromatic heterocycles. The highest BCUT2D eigenvalue weighted by molar-refractivity contribution is 7.18. The Labute approximate surface area is 131 Å². The average molecular weight is 309 g/mol. The van der Waals surface area contributed by atoms with Gasteiger partial charge in [-0.05, 0) is 29.1 Å². The number of anilines is 1. The molecule has 0 aliphatic rings. The summed E-state index contributed by atoms with van der Waals surface area (Å²) < 4.78 is 8.27. The minimum atomic E-state index is 0.450. The topological polar surface area (TPSA) is 66.0 Å². The molecule has 3 heterocycles. The van der Waals surface area contributed by atoms with E-state index < -0.39 is 0 Å². The summed E-state index contributed by atoms with van der Waals surface area (Å²) >= 11 is 1.64. The first-order valence-electron chi connectivity index (χ1n) is 6.80. The summed E-state index contributed by atoms with van der Waals surface area (Å²) in [5.41, 5.74) is 9.76. The number of nitrogen functional groups attached to an aromatic ring is 1. The summed E-state index contributed by atoms with van der Waals surface area (Å²) in [5, 5.41) is 2.02. The number of benzene rings is 1. The zero-order valence-corrected chi connectivity index (χ0v) is 12.7. The van der Waals surface area contributed by atoms with Gasteiger partial charge in [0.05, 0.1) is 22.8 Å². The molecule has 1 radical (unpaired) electrons. The summed E-state index contributed by atoms with van der Waals surface area (Å²) in [6, 6.07) is 9.94. The smallest absolute Gasteiger partial charge is 0.178 e. The second kappa shape index (κ2) is 4.99. The van der Waals surface area contributed by atoms with Crippen molar-refractivity contribution in [2.45, 2.75) is 6.54 Å². The van der Waals surface area contributed by atoms with E-state index in [0.29, 0.717) is 17.9 Å². The second-order valence-corrected chi connectivity index (χ2v) is 5.89. The molecule has 1 aromatic carbocycles. The number of hydrogen-bond donors (Lipinski definition) is 1. The lowest BCUT2D eigenvalue weighted by atomic mass is 10.2. The van der Waals surface area contributed by atoms with Gasteiger partial charge in [-0.1, -0.05) is 12.1 Å². The van der Waals surface area contributed by atoms with Gasteiger partial charge in [-0.3, -0.25) is 0 Å². The highest BCUT2D eigenvalue weighted by Crippen LogP contribution is 2.31. The molecule has 0 saturated heterocycles. The van der Waals surface area contributed by atoms with Gasteiger partial charge >= 0.3 is 0 Å². The third-order valence-electron chi connectivity index (χ3n) is 3.62. The standard InChI is InChI=1S/C16H13N4OS/c1-21-11-4-2-10(3-5-11)8-20-9-18-13-14(20)15-12(6-7-22-15)19-16(13)17/h2-7H,8H2,1H3,(H2,17,19). The molecule has 5 nitrogen and oxygen atoms in total. The number of nitrogens with zero attached hydrogens (tertiary/aromatic N) is 3. The minimum Gasteiger partial charge on any atom is -0.497 e. The molecule has 0 atom stereocenters. The van der Waals surface area contributed by atoms with E-state index in [-0.39, 0.29) is 0 Å². The lowest BCUT2D eigenvalue weighted by Crippen LogP contribution is -1.99. The predicted octanol–water partition coefficient (Wildman–Crippen LogP) is 3.09.